The fourth-order valence-corrected chi connectivity index (χ4v) is 1.26. The summed E-state index contributed by atoms with van der Waals surface area (Å²) in [5, 5.41) is 3.12. The molecule has 1 rings (SSSR count). The molecule has 14 heavy (non-hydrogen) atoms. The lowest BCUT2D eigenvalue weighted by atomic mass is 9.68. The first kappa shape index (κ1) is 11.5. The van der Waals surface area contributed by atoms with Crippen molar-refractivity contribution in [3.05, 3.63) is 0 Å². The summed E-state index contributed by atoms with van der Waals surface area (Å²) < 4.78 is 0. The standard InChI is InChI=1S/C12H23NO/c1-11(2,3)12(4,5)10(14)13-9-7-6-8-9/h9H,6-8H2,1-5H3,(H,13,14). The highest BCUT2D eigenvalue weighted by Crippen LogP contribution is 2.38. The number of nitrogens with one attached hydrogen (secondary N) is 1. The van der Waals surface area contributed by atoms with Crippen LogP contribution in [0.5, 0.6) is 0 Å². The van der Waals surface area contributed by atoms with Crippen LogP contribution in [0.1, 0.15) is 53.9 Å². The molecular formula is C12H23NO. The minimum absolute atomic E-state index is 0.0147. The smallest absolute Gasteiger partial charge is 0.226 e. The molecule has 2 nitrogen and oxygen atoms in total. The summed E-state index contributed by atoms with van der Waals surface area (Å²) >= 11 is 0. The third-order valence-electron chi connectivity index (χ3n) is 3.88. The van der Waals surface area contributed by atoms with E-state index in [0.717, 1.165) is 12.8 Å². The van der Waals surface area contributed by atoms with Crippen LogP contribution < -0.4 is 5.32 Å². The van der Waals surface area contributed by atoms with Crippen LogP contribution in [0.25, 0.3) is 0 Å². The summed E-state index contributed by atoms with van der Waals surface area (Å²) in [6, 6.07) is 0.448. The quantitative estimate of drug-likeness (QED) is 0.724. The van der Waals surface area contributed by atoms with Crippen LogP contribution in [0.2, 0.25) is 0 Å². The normalized spacial score (nSPS) is 18.9. The zero-order valence-electron chi connectivity index (χ0n) is 10.1. The van der Waals surface area contributed by atoms with Gasteiger partial charge in [0.25, 0.3) is 0 Å². The maximum Gasteiger partial charge on any atom is 0.226 e. The number of amides is 1. The zero-order chi connectivity index (χ0) is 11.0. The molecule has 0 saturated heterocycles. The van der Waals surface area contributed by atoms with Gasteiger partial charge in [-0.1, -0.05) is 34.6 Å². The van der Waals surface area contributed by atoms with Crippen LogP contribution in [0.3, 0.4) is 0 Å². The molecule has 0 radical (unpaired) electrons. The van der Waals surface area contributed by atoms with E-state index >= 15 is 0 Å². The number of carbonyl (C=O) groups is 1. The van der Waals surface area contributed by atoms with Gasteiger partial charge in [-0.3, -0.25) is 4.79 Å². The van der Waals surface area contributed by atoms with Gasteiger partial charge in [0.2, 0.25) is 5.91 Å². The molecule has 0 unspecified atom stereocenters. The van der Waals surface area contributed by atoms with Crippen LogP contribution in [-0.2, 0) is 4.79 Å². The molecule has 0 aromatic rings. The van der Waals surface area contributed by atoms with Gasteiger partial charge in [-0.25, -0.2) is 0 Å². The van der Waals surface area contributed by atoms with E-state index in [2.05, 4.69) is 26.1 Å². The van der Waals surface area contributed by atoms with Crippen LogP contribution in [0.15, 0.2) is 0 Å². The molecular weight excluding hydrogens is 174 g/mol. The van der Waals surface area contributed by atoms with Gasteiger partial charge in [0.1, 0.15) is 0 Å². The van der Waals surface area contributed by atoms with E-state index in [9.17, 15) is 4.79 Å². The minimum atomic E-state index is -0.289. The van der Waals surface area contributed by atoms with E-state index in [0.29, 0.717) is 6.04 Å². The SMILES string of the molecule is CC(C)(C)C(C)(C)C(=O)NC1CCC1. The molecule has 0 bridgehead atoms. The first-order valence-corrected chi connectivity index (χ1v) is 5.56. The van der Waals surface area contributed by atoms with Crippen molar-refractivity contribution in [2.24, 2.45) is 10.8 Å². The fraction of sp³-hybridized carbons (Fsp3) is 0.917. The topological polar surface area (TPSA) is 29.1 Å². The summed E-state index contributed by atoms with van der Waals surface area (Å²) in [7, 11) is 0. The minimum Gasteiger partial charge on any atom is -0.353 e. The first-order chi connectivity index (χ1) is 6.25. The average molecular weight is 197 g/mol. The maximum atomic E-state index is 12.0. The third-order valence-corrected chi connectivity index (χ3v) is 3.88. The molecule has 0 atom stereocenters. The van der Waals surface area contributed by atoms with E-state index in [1.165, 1.54) is 6.42 Å². The van der Waals surface area contributed by atoms with Crippen molar-refractivity contribution in [2.45, 2.75) is 59.9 Å². The number of carbonyl (C=O) groups excluding carboxylic acids is 1. The predicted molar refractivity (Wildman–Crippen MR) is 59.0 cm³/mol. The second-order valence-electron chi connectivity index (χ2n) is 5.98. The molecule has 0 aliphatic heterocycles. The summed E-state index contributed by atoms with van der Waals surface area (Å²) in [5.41, 5.74) is -0.274. The maximum absolute atomic E-state index is 12.0. The van der Waals surface area contributed by atoms with E-state index < -0.39 is 0 Å². The molecule has 82 valence electrons. The van der Waals surface area contributed by atoms with Crippen LogP contribution in [0, 0.1) is 10.8 Å². The van der Waals surface area contributed by atoms with Crippen LogP contribution in [-0.4, -0.2) is 11.9 Å². The van der Waals surface area contributed by atoms with Crippen molar-refractivity contribution >= 4 is 5.91 Å². The van der Waals surface area contributed by atoms with Crippen molar-refractivity contribution in [1.29, 1.82) is 0 Å². The Bertz CT molecular complexity index is 221. The predicted octanol–water partition coefficient (Wildman–Crippen LogP) is 2.73. The number of hydrogen-bond donors (Lipinski definition) is 1. The van der Waals surface area contributed by atoms with E-state index in [1.54, 1.807) is 0 Å². The number of rotatable bonds is 2. The van der Waals surface area contributed by atoms with Crippen molar-refractivity contribution in [3.8, 4) is 0 Å². The zero-order valence-corrected chi connectivity index (χ0v) is 10.1. The van der Waals surface area contributed by atoms with E-state index in [4.69, 9.17) is 0 Å². The second kappa shape index (κ2) is 3.56. The highest BCUT2D eigenvalue weighted by molar-refractivity contribution is 5.82. The van der Waals surface area contributed by atoms with Gasteiger partial charge in [-0.05, 0) is 24.7 Å². The highest BCUT2D eigenvalue weighted by atomic mass is 16.2. The average Bonchev–Trinajstić information content (AvgIpc) is 1.93. The molecule has 0 spiro atoms. The monoisotopic (exact) mass is 197 g/mol. The van der Waals surface area contributed by atoms with Crippen molar-refractivity contribution in [3.63, 3.8) is 0 Å². The molecule has 1 N–H and O–H groups in total. The molecule has 1 aliphatic carbocycles. The lowest BCUT2D eigenvalue weighted by Gasteiger charge is -2.39. The third kappa shape index (κ3) is 2.10. The molecule has 0 heterocycles. The molecule has 0 aromatic heterocycles. The molecule has 1 aliphatic rings. The van der Waals surface area contributed by atoms with Crippen LogP contribution >= 0.6 is 0 Å². The summed E-state index contributed by atoms with van der Waals surface area (Å²) in [4.78, 5) is 12.0. The molecule has 2 heteroatoms. The lowest BCUT2D eigenvalue weighted by molar-refractivity contribution is -0.136. The molecule has 0 aromatic carbocycles. The van der Waals surface area contributed by atoms with E-state index in [1.807, 2.05) is 13.8 Å². The largest absolute Gasteiger partial charge is 0.353 e. The van der Waals surface area contributed by atoms with Gasteiger partial charge >= 0.3 is 0 Å². The van der Waals surface area contributed by atoms with E-state index in [-0.39, 0.29) is 16.7 Å². The van der Waals surface area contributed by atoms with Gasteiger partial charge < -0.3 is 5.32 Å². The Kier molecular flexibility index (Phi) is 2.93. The van der Waals surface area contributed by atoms with Gasteiger partial charge in [-0.2, -0.15) is 0 Å². The van der Waals surface area contributed by atoms with Gasteiger partial charge in [0, 0.05) is 11.5 Å². The van der Waals surface area contributed by atoms with Crippen molar-refractivity contribution in [1.82, 2.24) is 5.32 Å². The Hall–Kier alpha value is -0.530. The molecule has 1 saturated carbocycles. The Balaban J connectivity index is 2.57. The van der Waals surface area contributed by atoms with Gasteiger partial charge in [-0.15, -0.1) is 0 Å². The van der Waals surface area contributed by atoms with Gasteiger partial charge in [0.15, 0.2) is 0 Å². The Morgan fingerprint density at radius 1 is 1.14 bits per heavy atom. The Morgan fingerprint density at radius 3 is 1.93 bits per heavy atom. The Morgan fingerprint density at radius 2 is 1.64 bits per heavy atom. The summed E-state index contributed by atoms with van der Waals surface area (Å²) in [6.07, 6.45) is 3.58. The second-order valence-corrected chi connectivity index (χ2v) is 5.98. The molecule has 1 fully saturated rings. The lowest BCUT2D eigenvalue weighted by Crippen LogP contribution is -2.50. The Labute approximate surface area is 87.5 Å². The fourth-order valence-electron chi connectivity index (χ4n) is 1.26. The van der Waals surface area contributed by atoms with Crippen molar-refractivity contribution in [2.75, 3.05) is 0 Å². The van der Waals surface area contributed by atoms with Crippen molar-refractivity contribution < 1.29 is 4.79 Å². The molecule has 1 amide bonds. The summed E-state index contributed by atoms with van der Waals surface area (Å²) in [5.74, 6) is 0.203. The van der Waals surface area contributed by atoms with Crippen LogP contribution in [0.4, 0.5) is 0 Å². The first-order valence-electron chi connectivity index (χ1n) is 5.56. The summed E-state index contributed by atoms with van der Waals surface area (Å²) in [6.45, 7) is 10.4. The highest BCUT2D eigenvalue weighted by Gasteiger charge is 2.40. The number of hydrogen-bond acceptors (Lipinski definition) is 1. The van der Waals surface area contributed by atoms with Gasteiger partial charge in [0.05, 0.1) is 0 Å².